The Morgan fingerprint density at radius 2 is 1.40 bits per heavy atom. The van der Waals surface area contributed by atoms with Gasteiger partial charge in [-0.2, -0.15) is 0 Å². The molecule has 0 aliphatic rings. The Labute approximate surface area is 119 Å². The first kappa shape index (κ1) is 14.7. The average Bonchev–Trinajstić information content (AvgIpc) is 2.47. The Morgan fingerprint density at radius 1 is 0.900 bits per heavy atom. The van der Waals surface area contributed by atoms with Gasteiger partial charge in [-0.25, -0.2) is 12.7 Å². The van der Waals surface area contributed by atoms with E-state index in [1.165, 1.54) is 26.2 Å². The van der Waals surface area contributed by atoms with Gasteiger partial charge in [-0.3, -0.25) is 0 Å². The molecule has 0 heterocycles. The first-order valence-corrected chi connectivity index (χ1v) is 7.62. The molecule has 20 heavy (non-hydrogen) atoms. The summed E-state index contributed by atoms with van der Waals surface area (Å²) >= 11 is 0. The molecule has 0 amide bonds. The van der Waals surface area contributed by atoms with Crippen molar-refractivity contribution in [2.24, 2.45) is 0 Å². The van der Waals surface area contributed by atoms with Crippen LogP contribution >= 0.6 is 0 Å². The van der Waals surface area contributed by atoms with Gasteiger partial charge < -0.3 is 5.11 Å². The van der Waals surface area contributed by atoms with Crippen LogP contribution < -0.4 is 0 Å². The zero-order chi connectivity index (χ0) is 14.8. The van der Waals surface area contributed by atoms with Crippen molar-refractivity contribution in [1.82, 2.24) is 4.31 Å². The maximum Gasteiger partial charge on any atom is 0.242 e. The number of hydrogen-bond acceptors (Lipinski definition) is 3. The second kappa shape index (κ2) is 5.75. The van der Waals surface area contributed by atoms with Crippen molar-refractivity contribution in [2.45, 2.75) is 11.0 Å². The average molecular weight is 291 g/mol. The van der Waals surface area contributed by atoms with E-state index in [0.717, 1.165) is 9.87 Å². The summed E-state index contributed by atoms with van der Waals surface area (Å²) in [6.45, 7) is 0. The Balaban J connectivity index is 2.30. The normalized spacial score (nSPS) is 13.4. The lowest BCUT2D eigenvalue weighted by Gasteiger charge is -2.14. The minimum atomic E-state index is -3.43. The molecule has 0 radical (unpaired) electrons. The lowest BCUT2D eigenvalue weighted by atomic mass is 10.0. The van der Waals surface area contributed by atoms with Crippen molar-refractivity contribution >= 4 is 10.0 Å². The molecule has 0 saturated carbocycles. The van der Waals surface area contributed by atoms with Gasteiger partial charge in [0.25, 0.3) is 0 Å². The first-order chi connectivity index (χ1) is 9.43. The fourth-order valence-electron chi connectivity index (χ4n) is 1.86. The van der Waals surface area contributed by atoms with Gasteiger partial charge in [-0.15, -0.1) is 0 Å². The van der Waals surface area contributed by atoms with E-state index >= 15 is 0 Å². The molecule has 0 bridgehead atoms. The van der Waals surface area contributed by atoms with Gasteiger partial charge in [0.2, 0.25) is 10.0 Å². The molecular weight excluding hydrogens is 274 g/mol. The smallest absolute Gasteiger partial charge is 0.242 e. The predicted octanol–water partition coefficient (Wildman–Crippen LogP) is 2.02. The van der Waals surface area contributed by atoms with E-state index in [1.807, 2.05) is 30.3 Å². The summed E-state index contributed by atoms with van der Waals surface area (Å²) < 4.78 is 25.1. The SMILES string of the molecule is CN(C)S(=O)(=O)c1ccc(C(O)c2ccccc2)cc1. The van der Waals surface area contributed by atoms with Gasteiger partial charge in [0, 0.05) is 14.1 Å². The van der Waals surface area contributed by atoms with Crippen LogP contribution in [-0.2, 0) is 10.0 Å². The van der Waals surface area contributed by atoms with E-state index < -0.39 is 16.1 Å². The quantitative estimate of drug-likeness (QED) is 0.937. The van der Waals surface area contributed by atoms with E-state index in [9.17, 15) is 13.5 Å². The second-order valence-electron chi connectivity index (χ2n) is 4.67. The highest BCUT2D eigenvalue weighted by atomic mass is 32.2. The molecule has 2 aromatic carbocycles. The van der Waals surface area contributed by atoms with Crippen molar-refractivity contribution in [2.75, 3.05) is 14.1 Å². The number of nitrogens with zero attached hydrogens (tertiary/aromatic N) is 1. The fraction of sp³-hybridized carbons (Fsp3) is 0.200. The predicted molar refractivity (Wildman–Crippen MR) is 77.8 cm³/mol. The molecule has 0 spiro atoms. The van der Waals surface area contributed by atoms with Crippen molar-refractivity contribution in [1.29, 1.82) is 0 Å². The molecule has 1 N–H and O–H groups in total. The van der Waals surface area contributed by atoms with Gasteiger partial charge in [0.15, 0.2) is 0 Å². The lowest BCUT2D eigenvalue weighted by molar-refractivity contribution is 0.220. The molecule has 5 heteroatoms. The summed E-state index contributed by atoms with van der Waals surface area (Å²) in [4.78, 5) is 0.214. The highest BCUT2D eigenvalue weighted by Gasteiger charge is 2.18. The van der Waals surface area contributed by atoms with Crippen LogP contribution in [0.3, 0.4) is 0 Å². The van der Waals surface area contributed by atoms with Crippen LogP contribution in [0.5, 0.6) is 0 Å². The van der Waals surface area contributed by atoms with Crippen LogP contribution in [0.25, 0.3) is 0 Å². The maximum absolute atomic E-state index is 11.9. The Morgan fingerprint density at radius 3 is 1.90 bits per heavy atom. The van der Waals surface area contributed by atoms with E-state index in [2.05, 4.69) is 0 Å². The third kappa shape index (κ3) is 2.90. The molecule has 0 aromatic heterocycles. The van der Waals surface area contributed by atoms with E-state index in [-0.39, 0.29) is 4.90 Å². The van der Waals surface area contributed by atoms with Crippen LogP contribution in [0.1, 0.15) is 17.2 Å². The fourth-order valence-corrected chi connectivity index (χ4v) is 2.76. The number of rotatable bonds is 4. The van der Waals surface area contributed by atoms with Crippen LogP contribution in [-0.4, -0.2) is 31.9 Å². The summed E-state index contributed by atoms with van der Waals surface area (Å²) in [5, 5.41) is 10.2. The van der Waals surface area contributed by atoms with E-state index in [4.69, 9.17) is 0 Å². The minimum absolute atomic E-state index is 0.214. The maximum atomic E-state index is 11.9. The standard InChI is InChI=1S/C15H17NO3S/c1-16(2)20(18,19)14-10-8-13(9-11-14)15(17)12-6-4-3-5-7-12/h3-11,15,17H,1-2H3. The lowest BCUT2D eigenvalue weighted by Crippen LogP contribution is -2.22. The molecule has 106 valence electrons. The first-order valence-electron chi connectivity index (χ1n) is 6.18. The Bertz CT molecular complexity index is 664. The minimum Gasteiger partial charge on any atom is -0.384 e. The van der Waals surface area contributed by atoms with Gasteiger partial charge in [-0.1, -0.05) is 42.5 Å². The third-order valence-electron chi connectivity index (χ3n) is 3.09. The monoisotopic (exact) mass is 291 g/mol. The summed E-state index contributed by atoms with van der Waals surface area (Å²) in [6.07, 6.45) is -0.757. The molecule has 0 fully saturated rings. The highest BCUT2D eigenvalue weighted by molar-refractivity contribution is 7.89. The molecule has 4 nitrogen and oxygen atoms in total. The third-order valence-corrected chi connectivity index (χ3v) is 4.92. The molecule has 0 aliphatic carbocycles. The largest absolute Gasteiger partial charge is 0.384 e. The topological polar surface area (TPSA) is 57.6 Å². The second-order valence-corrected chi connectivity index (χ2v) is 6.82. The summed E-state index contributed by atoms with van der Waals surface area (Å²) in [6, 6.07) is 15.5. The van der Waals surface area contributed by atoms with Gasteiger partial charge in [-0.05, 0) is 23.3 Å². The molecule has 1 unspecified atom stereocenters. The molecular formula is C15H17NO3S. The van der Waals surface area contributed by atoms with Crippen molar-refractivity contribution in [3.63, 3.8) is 0 Å². The van der Waals surface area contributed by atoms with Crippen LogP contribution in [0, 0.1) is 0 Å². The van der Waals surface area contributed by atoms with Crippen molar-refractivity contribution < 1.29 is 13.5 Å². The van der Waals surface area contributed by atoms with Crippen molar-refractivity contribution in [3.8, 4) is 0 Å². The molecule has 1 atom stereocenters. The number of benzene rings is 2. The summed E-state index contributed by atoms with van der Waals surface area (Å²) in [5.74, 6) is 0. The van der Waals surface area contributed by atoms with Crippen molar-refractivity contribution in [3.05, 3.63) is 65.7 Å². The van der Waals surface area contributed by atoms with E-state index in [1.54, 1.807) is 12.1 Å². The van der Waals surface area contributed by atoms with Gasteiger partial charge in [0.1, 0.15) is 6.10 Å². The van der Waals surface area contributed by atoms with Crippen LogP contribution in [0.15, 0.2) is 59.5 Å². The van der Waals surface area contributed by atoms with Crippen LogP contribution in [0.4, 0.5) is 0 Å². The Kier molecular flexibility index (Phi) is 4.23. The number of aliphatic hydroxyl groups is 1. The Hall–Kier alpha value is -1.69. The van der Waals surface area contributed by atoms with Crippen LogP contribution in [0.2, 0.25) is 0 Å². The molecule has 0 saturated heterocycles. The molecule has 0 aliphatic heterocycles. The number of sulfonamides is 1. The highest BCUT2D eigenvalue weighted by Crippen LogP contribution is 2.23. The molecule has 2 rings (SSSR count). The summed E-state index contributed by atoms with van der Waals surface area (Å²) in [5.41, 5.74) is 1.43. The van der Waals surface area contributed by atoms with Gasteiger partial charge in [0.05, 0.1) is 4.90 Å². The zero-order valence-electron chi connectivity index (χ0n) is 11.4. The molecule has 2 aromatic rings. The summed E-state index contributed by atoms with van der Waals surface area (Å²) in [7, 11) is -0.456. The van der Waals surface area contributed by atoms with E-state index in [0.29, 0.717) is 5.56 Å². The number of hydrogen-bond donors (Lipinski definition) is 1. The zero-order valence-corrected chi connectivity index (χ0v) is 12.2. The number of aliphatic hydroxyl groups excluding tert-OH is 1. The van der Waals surface area contributed by atoms with Gasteiger partial charge >= 0.3 is 0 Å².